The number of rotatable bonds is 6. The van der Waals surface area contributed by atoms with E-state index in [1.54, 1.807) is 36.5 Å². The Balaban J connectivity index is 1.52. The number of halogens is 1. The number of benzene rings is 3. The molecule has 2 aromatic heterocycles. The van der Waals surface area contributed by atoms with Crippen LogP contribution in [-0.2, 0) is 4.79 Å². The maximum Gasteiger partial charge on any atom is 0.256 e. The summed E-state index contributed by atoms with van der Waals surface area (Å²) in [5, 5.41) is 15.7. The van der Waals surface area contributed by atoms with E-state index >= 15 is 0 Å². The Morgan fingerprint density at radius 3 is 2.62 bits per heavy atom. The van der Waals surface area contributed by atoms with Gasteiger partial charge in [-0.1, -0.05) is 36.4 Å². The molecule has 0 aliphatic carbocycles. The highest BCUT2D eigenvalue weighted by Crippen LogP contribution is 2.36. The van der Waals surface area contributed by atoms with Gasteiger partial charge in [0.25, 0.3) is 5.91 Å². The zero-order valence-electron chi connectivity index (χ0n) is 20.4. The van der Waals surface area contributed by atoms with Crippen molar-refractivity contribution in [3.8, 4) is 28.3 Å². The minimum Gasteiger partial charge on any atom is -0.323 e. The quantitative estimate of drug-likeness (QED) is 0.250. The Labute approximate surface area is 228 Å². The first kappa shape index (κ1) is 25.3. The number of carbonyl (C=O) groups excluding carboxylic acids is 2. The van der Waals surface area contributed by atoms with Gasteiger partial charge in [0.05, 0.1) is 17.1 Å². The Hall–Kier alpha value is -5.39. The van der Waals surface area contributed by atoms with Crippen molar-refractivity contribution in [2.45, 2.75) is 0 Å². The molecule has 5 rings (SSSR count). The molecule has 188 valence electrons. The topological polar surface area (TPSA) is 121 Å². The van der Waals surface area contributed by atoms with Gasteiger partial charge < -0.3 is 10.6 Å². The van der Waals surface area contributed by atoms with Gasteiger partial charge in [-0.05, 0) is 65.7 Å². The van der Waals surface area contributed by atoms with E-state index in [0.29, 0.717) is 27.4 Å². The van der Waals surface area contributed by atoms with E-state index in [1.165, 1.54) is 24.7 Å². The average Bonchev–Trinajstić information content (AvgIpc) is 2.96. The number of nitrogens with zero attached hydrogens (tertiary/aromatic N) is 4. The minimum atomic E-state index is -0.406. The molecule has 3 aromatic carbocycles. The second kappa shape index (κ2) is 10.9. The van der Waals surface area contributed by atoms with Gasteiger partial charge in [-0.25, -0.2) is 15.0 Å². The smallest absolute Gasteiger partial charge is 0.256 e. The van der Waals surface area contributed by atoms with Gasteiger partial charge in [0.2, 0.25) is 5.91 Å². The summed E-state index contributed by atoms with van der Waals surface area (Å²) in [5.41, 5.74) is 5.24. The fraction of sp³-hybridized carbons (Fsp3) is 0. The lowest BCUT2D eigenvalue weighted by Gasteiger charge is -2.13. The largest absolute Gasteiger partial charge is 0.323 e. The molecule has 2 amide bonds. The number of nitriles is 1. The fourth-order valence-corrected chi connectivity index (χ4v) is 4.37. The molecule has 2 heterocycles. The van der Waals surface area contributed by atoms with Crippen LogP contribution < -0.4 is 10.6 Å². The van der Waals surface area contributed by atoms with Crippen LogP contribution in [0.2, 0.25) is 5.02 Å². The van der Waals surface area contributed by atoms with Gasteiger partial charge in [0.15, 0.2) is 0 Å². The lowest BCUT2D eigenvalue weighted by molar-refractivity contribution is -0.111. The number of hydrogen-bond donors (Lipinski definition) is 2. The van der Waals surface area contributed by atoms with Crippen molar-refractivity contribution in [2.75, 3.05) is 10.6 Å². The van der Waals surface area contributed by atoms with Crippen LogP contribution in [0.1, 0.15) is 15.9 Å². The number of nitrogens with one attached hydrogen (secondary N) is 2. The van der Waals surface area contributed by atoms with Crippen LogP contribution in [-0.4, -0.2) is 26.8 Å². The third-order valence-electron chi connectivity index (χ3n) is 5.91. The van der Waals surface area contributed by atoms with Crippen molar-refractivity contribution in [3.63, 3.8) is 0 Å². The molecule has 9 heteroatoms. The van der Waals surface area contributed by atoms with Crippen LogP contribution in [0.4, 0.5) is 11.5 Å². The first-order valence-electron chi connectivity index (χ1n) is 11.7. The molecule has 0 aliphatic heterocycles. The Kier molecular flexibility index (Phi) is 7.08. The van der Waals surface area contributed by atoms with Crippen LogP contribution in [0.25, 0.3) is 33.2 Å². The first-order chi connectivity index (χ1) is 18.9. The van der Waals surface area contributed by atoms with Gasteiger partial charge >= 0.3 is 0 Å². The number of hydrogen-bond acceptors (Lipinski definition) is 6. The molecule has 0 bridgehead atoms. The predicted molar refractivity (Wildman–Crippen MR) is 151 cm³/mol. The van der Waals surface area contributed by atoms with E-state index in [2.05, 4.69) is 32.2 Å². The van der Waals surface area contributed by atoms with Crippen LogP contribution in [0, 0.1) is 11.3 Å². The summed E-state index contributed by atoms with van der Waals surface area (Å²) in [7, 11) is 0. The number of carbonyl (C=O) groups is 2. The van der Waals surface area contributed by atoms with E-state index in [1.807, 2.05) is 36.4 Å². The molecule has 39 heavy (non-hydrogen) atoms. The predicted octanol–water partition coefficient (Wildman–Crippen LogP) is 6.26. The Bertz CT molecular complexity index is 1810. The summed E-state index contributed by atoms with van der Waals surface area (Å²) >= 11 is 6.68. The number of aromatic nitrogens is 3. The lowest BCUT2D eigenvalue weighted by Crippen LogP contribution is -2.13. The number of fused-ring (bicyclic) bond motifs is 1. The molecule has 0 aliphatic rings. The van der Waals surface area contributed by atoms with E-state index in [9.17, 15) is 9.59 Å². The highest BCUT2D eigenvalue weighted by atomic mass is 35.5. The summed E-state index contributed by atoms with van der Waals surface area (Å²) in [6.45, 7) is 3.50. The molecule has 0 spiro atoms. The third kappa shape index (κ3) is 5.49. The maximum absolute atomic E-state index is 12.8. The summed E-state index contributed by atoms with van der Waals surface area (Å²) < 4.78 is 0. The molecule has 5 aromatic rings. The molecule has 8 nitrogen and oxygen atoms in total. The van der Waals surface area contributed by atoms with Crippen LogP contribution >= 0.6 is 11.6 Å². The second-order valence-electron chi connectivity index (χ2n) is 8.45. The highest BCUT2D eigenvalue weighted by molar-refractivity contribution is 6.34. The van der Waals surface area contributed by atoms with Gasteiger partial charge in [-0.2, -0.15) is 5.26 Å². The van der Waals surface area contributed by atoms with Gasteiger partial charge in [-0.3, -0.25) is 9.59 Å². The van der Waals surface area contributed by atoms with Crippen molar-refractivity contribution in [2.24, 2.45) is 0 Å². The fourth-order valence-electron chi connectivity index (χ4n) is 4.08. The molecule has 0 atom stereocenters. The molecule has 0 unspecified atom stereocenters. The van der Waals surface area contributed by atoms with Gasteiger partial charge in [0.1, 0.15) is 12.1 Å². The monoisotopic (exact) mass is 530 g/mol. The Morgan fingerprint density at radius 2 is 1.82 bits per heavy atom. The third-order valence-corrected chi connectivity index (χ3v) is 6.22. The highest BCUT2D eigenvalue weighted by Gasteiger charge is 2.15. The second-order valence-corrected chi connectivity index (χ2v) is 8.86. The lowest BCUT2D eigenvalue weighted by atomic mass is 9.95. The summed E-state index contributed by atoms with van der Waals surface area (Å²) in [6, 6.07) is 21.4. The van der Waals surface area contributed by atoms with Crippen LogP contribution in [0.5, 0.6) is 0 Å². The maximum atomic E-state index is 12.8. The molecular weight excluding hydrogens is 512 g/mol. The van der Waals surface area contributed by atoms with Gasteiger partial charge in [0, 0.05) is 45.2 Å². The van der Waals surface area contributed by atoms with Crippen LogP contribution in [0.3, 0.4) is 0 Å². The molecule has 0 saturated carbocycles. The van der Waals surface area contributed by atoms with Crippen molar-refractivity contribution in [3.05, 3.63) is 114 Å². The Morgan fingerprint density at radius 1 is 0.949 bits per heavy atom. The SMILES string of the molecule is C=CC(=O)Nc1cccc(-c2cc(-c3ccc(C(=O)Nc4cc(C#N)ccn4)cc3Cl)cc3cncnc23)c1. The van der Waals surface area contributed by atoms with E-state index in [-0.39, 0.29) is 11.7 Å². The van der Waals surface area contributed by atoms with E-state index < -0.39 is 5.91 Å². The van der Waals surface area contributed by atoms with Crippen molar-refractivity contribution in [1.82, 2.24) is 15.0 Å². The number of anilines is 2. The molecule has 2 N–H and O–H groups in total. The number of pyridine rings is 1. The van der Waals surface area contributed by atoms with Gasteiger partial charge in [-0.15, -0.1) is 0 Å². The molecular formula is C30H19ClN6O2. The molecule has 0 fully saturated rings. The van der Waals surface area contributed by atoms with E-state index in [4.69, 9.17) is 16.9 Å². The zero-order chi connectivity index (χ0) is 27.4. The first-order valence-corrected chi connectivity index (χ1v) is 12.1. The van der Waals surface area contributed by atoms with E-state index in [0.717, 1.165) is 27.6 Å². The van der Waals surface area contributed by atoms with Crippen molar-refractivity contribution >= 4 is 45.8 Å². The zero-order valence-corrected chi connectivity index (χ0v) is 21.1. The summed E-state index contributed by atoms with van der Waals surface area (Å²) in [5.74, 6) is -0.445. The van der Waals surface area contributed by atoms with Crippen molar-refractivity contribution in [1.29, 1.82) is 5.26 Å². The number of amides is 2. The normalized spacial score (nSPS) is 10.5. The summed E-state index contributed by atoms with van der Waals surface area (Å²) in [4.78, 5) is 37.4. The summed E-state index contributed by atoms with van der Waals surface area (Å²) in [6.07, 6.45) is 5.86. The van der Waals surface area contributed by atoms with Crippen LogP contribution in [0.15, 0.2) is 98.1 Å². The average molecular weight is 531 g/mol. The standard InChI is InChI=1S/C30H19ClN6O2/c1-2-28(38)36-23-5-3-4-19(12-23)25-13-21(11-22-16-33-17-35-29(22)25)24-7-6-20(14-26(24)31)30(39)37-27-10-18(15-32)8-9-34-27/h2-14,16-17H,1H2,(H,36,38)(H,34,37,39). The molecule has 0 radical (unpaired) electrons. The van der Waals surface area contributed by atoms with Crippen molar-refractivity contribution < 1.29 is 9.59 Å². The molecule has 0 saturated heterocycles. The minimum absolute atomic E-state index is 0.268.